The average molecular weight is 424 g/mol. The highest BCUT2D eigenvalue weighted by atomic mass is 16.2. The zero-order valence-electron chi connectivity index (χ0n) is 19.1. The van der Waals surface area contributed by atoms with Crippen LogP contribution < -0.4 is 5.73 Å². The van der Waals surface area contributed by atoms with E-state index in [2.05, 4.69) is 26.0 Å². The predicted octanol–water partition coefficient (Wildman–Crippen LogP) is 3.78. The number of nitrogens with zero attached hydrogens (tertiary/aromatic N) is 2. The Kier molecular flexibility index (Phi) is 5.16. The Morgan fingerprint density at radius 2 is 1.61 bits per heavy atom. The van der Waals surface area contributed by atoms with Gasteiger partial charge in [0.15, 0.2) is 0 Å². The third kappa shape index (κ3) is 3.69. The molecule has 0 aromatic heterocycles. The number of amides is 2. The lowest BCUT2D eigenvalue weighted by molar-refractivity contribution is -0.135. The van der Waals surface area contributed by atoms with Crippen molar-refractivity contribution in [2.75, 3.05) is 26.2 Å². The van der Waals surface area contributed by atoms with Crippen LogP contribution in [0.3, 0.4) is 0 Å². The molecule has 3 aliphatic carbocycles. The van der Waals surface area contributed by atoms with E-state index in [1.54, 1.807) is 0 Å². The molecule has 2 N–H and O–H groups in total. The quantitative estimate of drug-likeness (QED) is 0.804. The average Bonchev–Trinajstić information content (AvgIpc) is 3.42. The minimum Gasteiger partial charge on any atom is -0.338 e. The first-order chi connectivity index (χ1) is 14.8. The molecule has 4 atom stereocenters. The fourth-order valence-corrected chi connectivity index (χ4v) is 6.70. The third-order valence-corrected chi connectivity index (χ3v) is 8.95. The van der Waals surface area contributed by atoms with Crippen molar-refractivity contribution in [2.45, 2.75) is 70.3 Å². The van der Waals surface area contributed by atoms with Crippen LogP contribution in [0.5, 0.6) is 0 Å². The van der Waals surface area contributed by atoms with Crippen molar-refractivity contribution >= 4 is 11.8 Å². The smallest absolute Gasteiger partial charge is 0.253 e. The first-order valence-corrected chi connectivity index (χ1v) is 12.3. The van der Waals surface area contributed by atoms with Gasteiger partial charge in [0.25, 0.3) is 5.91 Å². The molecule has 0 radical (unpaired) electrons. The lowest BCUT2D eigenvalue weighted by Crippen LogP contribution is -2.55. The first-order valence-electron chi connectivity index (χ1n) is 12.3. The number of fused-ring (bicyclic) bond motifs is 1. The molecule has 1 heterocycles. The number of hydrogen-bond acceptors (Lipinski definition) is 3. The van der Waals surface area contributed by atoms with Gasteiger partial charge in [-0.25, -0.2) is 0 Å². The molecule has 0 spiro atoms. The summed E-state index contributed by atoms with van der Waals surface area (Å²) >= 11 is 0. The van der Waals surface area contributed by atoms with Crippen LogP contribution >= 0.6 is 0 Å². The van der Waals surface area contributed by atoms with Crippen LogP contribution in [0.2, 0.25) is 0 Å². The normalized spacial score (nSPS) is 34.4. The number of piperazine rings is 1. The number of benzene rings is 1. The van der Waals surface area contributed by atoms with Gasteiger partial charge < -0.3 is 15.5 Å². The van der Waals surface area contributed by atoms with E-state index in [9.17, 15) is 9.59 Å². The molecule has 4 aliphatic rings. The topological polar surface area (TPSA) is 66.6 Å². The van der Waals surface area contributed by atoms with E-state index in [0.717, 1.165) is 30.2 Å². The van der Waals surface area contributed by atoms with Crippen molar-refractivity contribution in [3.63, 3.8) is 0 Å². The highest BCUT2D eigenvalue weighted by Gasteiger charge is 2.49. The summed E-state index contributed by atoms with van der Waals surface area (Å²) in [7, 11) is 0. The van der Waals surface area contributed by atoms with Crippen molar-refractivity contribution < 1.29 is 9.59 Å². The summed E-state index contributed by atoms with van der Waals surface area (Å²) in [6.45, 7) is 7.25. The Hall–Kier alpha value is -1.88. The molecule has 4 fully saturated rings. The second kappa shape index (κ2) is 7.61. The highest BCUT2D eigenvalue weighted by Crippen LogP contribution is 2.59. The van der Waals surface area contributed by atoms with Crippen molar-refractivity contribution in [2.24, 2.45) is 23.0 Å². The van der Waals surface area contributed by atoms with Crippen LogP contribution in [0.4, 0.5) is 0 Å². The number of rotatable bonds is 3. The molecule has 5 nitrogen and oxygen atoms in total. The first kappa shape index (κ1) is 21.0. The molecule has 4 unspecified atom stereocenters. The van der Waals surface area contributed by atoms with E-state index >= 15 is 0 Å². The van der Waals surface area contributed by atoms with Crippen LogP contribution in [0.1, 0.15) is 80.6 Å². The molecule has 1 aliphatic heterocycles. The van der Waals surface area contributed by atoms with E-state index < -0.39 is 5.54 Å². The van der Waals surface area contributed by atoms with Gasteiger partial charge in [0, 0.05) is 31.7 Å². The minimum atomic E-state index is -0.617. The van der Waals surface area contributed by atoms with Gasteiger partial charge in [-0.2, -0.15) is 0 Å². The van der Waals surface area contributed by atoms with Crippen molar-refractivity contribution in [3.05, 3.63) is 35.4 Å². The Bertz CT molecular complexity index is 854. The largest absolute Gasteiger partial charge is 0.338 e. The fraction of sp³-hybridized carbons (Fsp3) is 0.692. The SMILES string of the molecule is CC1CC2CCCC2(C)C(c2ccc(C(=O)N3CCN(C(=O)C4(N)CC4)CC3)cc2)C1. The summed E-state index contributed by atoms with van der Waals surface area (Å²) in [4.78, 5) is 29.2. The molecule has 2 amide bonds. The van der Waals surface area contributed by atoms with E-state index in [-0.39, 0.29) is 11.8 Å². The maximum absolute atomic E-state index is 13.1. The maximum Gasteiger partial charge on any atom is 0.253 e. The molecule has 31 heavy (non-hydrogen) atoms. The summed E-state index contributed by atoms with van der Waals surface area (Å²) in [5.74, 6) is 2.38. The summed E-state index contributed by atoms with van der Waals surface area (Å²) in [6.07, 6.45) is 8.30. The van der Waals surface area contributed by atoms with Crippen molar-refractivity contribution in [1.82, 2.24) is 9.80 Å². The van der Waals surface area contributed by atoms with Crippen molar-refractivity contribution in [3.8, 4) is 0 Å². The number of carbonyl (C=O) groups excluding carboxylic acids is 2. The summed E-state index contributed by atoms with van der Waals surface area (Å²) < 4.78 is 0. The van der Waals surface area contributed by atoms with Gasteiger partial charge in [-0.15, -0.1) is 0 Å². The number of nitrogens with two attached hydrogens (primary N) is 1. The molecule has 1 aromatic carbocycles. The van der Waals surface area contributed by atoms with E-state index in [1.165, 1.54) is 37.7 Å². The second-order valence-corrected chi connectivity index (χ2v) is 11.1. The van der Waals surface area contributed by atoms with E-state index in [1.807, 2.05) is 21.9 Å². The fourth-order valence-electron chi connectivity index (χ4n) is 6.70. The van der Waals surface area contributed by atoms with Crippen LogP contribution in [-0.4, -0.2) is 53.3 Å². The summed E-state index contributed by atoms with van der Waals surface area (Å²) in [5.41, 5.74) is 8.03. The van der Waals surface area contributed by atoms with Gasteiger partial charge >= 0.3 is 0 Å². The molecule has 0 bridgehead atoms. The van der Waals surface area contributed by atoms with E-state index in [4.69, 9.17) is 5.73 Å². The molecular formula is C26H37N3O2. The Balaban J connectivity index is 1.24. The Morgan fingerprint density at radius 1 is 0.968 bits per heavy atom. The van der Waals surface area contributed by atoms with Gasteiger partial charge in [0.1, 0.15) is 0 Å². The molecule has 1 aromatic rings. The standard InChI is InChI=1S/C26H37N3O2/c1-18-16-21-4-3-9-25(21,2)22(17-18)19-5-7-20(8-6-19)23(30)28-12-14-29(15-13-28)24(31)26(27)10-11-26/h5-8,18,21-22H,3-4,9-17,27H2,1-2H3. The predicted molar refractivity (Wildman–Crippen MR) is 122 cm³/mol. The molecule has 1 saturated heterocycles. The van der Waals surface area contributed by atoms with Gasteiger partial charge in [-0.1, -0.05) is 32.4 Å². The zero-order valence-corrected chi connectivity index (χ0v) is 19.1. The number of hydrogen-bond donors (Lipinski definition) is 1. The van der Waals surface area contributed by atoms with Gasteiger partial charge in [0.05, 0.1) is 5.54 Å². The van der Waals surface area contributed by atoms with Crippen LogP contribution in [0.15, 0.2) is 24.3 Å². The second-order valence-electron chi connectivity index (χ2n) is 11.1. The maximum atomic E-state index is 13.1. The van der Waals surface area contributed by atoms with Crippen LogP contribution in [-0.2, 0) is 4.79 Å². The minimum absolute atomic E-state index is 0.0596. The molecule has 168 valence electrons. The van der Waals surface area contributed by atoms with Gasteiger partial charge in [-0.3, -0.25) is 9.59 Å². The highest BCUT2D eigenvalue weighted by molar-refractivity contribution is 5.94. The van der Waals surface area contributed by atoms with E-state index in [0.29, 0.717) is 37.5 Å². The number of carbonyl (C=O) groups is 2. The van der Waals surface area contributed by atoms with Crippen LogP contribution in [0, 0.1) is 17.3 Å². The monoisotopic (exact) mass is 423 g/mol. The lowest BCUT2D eigenvalue weighted by Gasteiger charge is -2.46. The molecule has 3 saturated carbocycles. The van der Waals surface area contributed by atoms with Gasteiger partial charge in [0.2, 0.25) is 5.91 Å². The summed E-state index contributed by atoms with van der Waals surface area (Å²) in [6, 6.07) is 8.48. The molecular weight excluding hydrogens is 386 g/mol. The summed E-state index contributed by atoms with van der Waals surface area (Å²) in [5, 5.41) is 0. The lowest BCUT2D eigenvalue weighted by atomic mass is 9.58. The Labute approximate surface area is 186 Å². The van der Waals surface area contributed by atoms with Crippen molar-refractivity contribution in [1.29, 1.82) is 0 Å². The Morgan fingerprint density at radius 3 is 2.26 bits per heavy atom. The molecule has 5 heteroatoms. The third-order valence-electron chi connectivity index (χ3n) is 8.95. The van der Waals surface area contributed by atoms with Gasteiger partial charge in [-0.05, 0) is 79.4 Å². The van der Waals surface area contributed by atoms with Crippen LogP contribution in [0.25, 0.3) is 0 Å². The zero-order chi connectivity index (χ0) is 21.8. The molecule has 5 rings (SSSR count).